The molecule has 0 saturated heterocycles. The SMILES string of the molecule is [CH2]CSC(F)(F)C(F)(F)C(F)(F)C(F)(F)F. The molecule has 0 aromatic heterocycles. The highest BCUT2D eigenvalue weighted by Gasteiger charge is 2.81. The smallest absolute Gasteiger partial charge is 0.191 e. The van der Waals surface area contributed by atoms with E-state index in [0.29, 0.717) is 0 Å². The summed E-state index contributed by atoms with van der Waals surface area (Å²) < 4.78 is 108. The Hall–Kier alpha value is -0.280. The monoisotopic (exact) mass is 279 g/mol. The third-order valence-electron chi connectivity index (χ3n) is 1.40. The number of rotatable bonds is 4. The van der Waals surface area contributed by atoms with Crippen LogP contribution in [0.1, 0.15) is 0 Å². The van der Waals surface area contributed by atoms with Gasteiger partial charge in [0.25, 0.3) is 0 Å². The molecule has 0 aliphatic carbocycles. The summed E-state index contributed by atoms with van der Waals surface area (Å²) in [5.74, 6) is -14.3. The first-order chi connectivity index (χ1) is 6.81. The second-order valence-corrected chi connectivity index (χ2v) is 3.72. The van der Waals surface area contributed by atoms with Crippen LogP contribution in [0.5, 0.6) is 0 Å². The lowest BCUT2D eigenvalue weighted by atomic mass is 10.1. The molecule has 0 nitrogen and oxygen atoms in total. The molecule has 0 fully saturated rings. The van der Waals surface area contributed by atoms with E-state index in [1.807, 2.05) is 0 Å². The van der Waals surface area contributed by atoms with Gasteiger partial charge in [0.15, 0.2) is 0 Å². The van der Waals surface area contributed by atoms with Crippen molar-refractivity contribution in [3.05, 3.63) is 6.92 Å². The highest BCUT2D eigenvalue weighted by atomic mass is 32.2. The third kappa shape index (κ3) is 2.35. The summed E-state index contributed by atoms with van der Waals surface area (Å²) in [7, 11) is 0. The molecule has 0 aliphatic heterocycles. The van der Waals surface area contributed by atoms with Gasteiger partial charge in [-0.1, -0.05) is 11.8 Å². The van der Waals surface area contributed by atoms with Crippen molar-refractivity contribution in [3.63, 3.8) is 0 Å². The molecule has 10 heteroatoms. The molecular weight excluding hydrogens is 275 g/mol. The van der Waals surface area contributed by atoms with Gasteiger partial charge in [0.05, 0.1) is 0 Å². The highest BCUT2D eigenvalue weighted by Crippen LogP contribution is 2.56. The molecule has 1 radical (unpaired) electrons. The number of halogens is 9. The van der Waals surface area contributed by atoms with Crippen LogP contribution in [0.2, 0.25) is 0 Å². The van der Waals surface area contributed by atoms with E-state index in [2.05, 4.69) is 6.92 Å². The fourth-order valence-corrected chi connectivity index (χ4v) is 1.15. The van der Waals surface area contributed by atoms with E-state index in [-0.39, 0.29) is 0 Å². The van der Waals surface area contributed by atoms with Crippen LogP contribution in [0.4, 0.5) is 39.5 Å². The van der Waals surface area contributed by atoms with Gasteiger partial charge in [0, 0.05) is 0 Å². The van der Waals surface area contributed by atoms with Gasteiger partial charge >= 0.3 is 23.3 Å². The molecule has 0 unspecified atom stereocenters. The van der Waals surface area contributed by atoms with Crippen molar-refractivity contribution in [2.45, 2.75) is 23.3 Å². The molecule has 16 heavy (non-hydrogen) atoms. The first-order valence-corrected chi connectivity index (χ1v) is 4.43. The minimum absolute atomic E-state index is 0.990. The predicted molar refractivity (Wildman–Crippen MR) is 38.7 cm³/mol. The summed E-state index contributed by atoms with van der Waals surface area (Å²) >= 11 is -1.09. The second kappa shape index (κ2) is 4.19. The van der Waals surface area contributed by atoms with Crippen molar-refractivity contribution < 1.29 is 39.5 Å². The molecule has 0 saturated carbocycles. The fourth-order valence-electron chi connectivity index (χ4n) is 0.580. The van der Waals surface area contributed by atoms with Crippen LogP contribution >= 0.6 is 11.8 Å². The average Bonchev–Trinajstić information content (AvgIpc) is 2.01. The third-order valence-corrected chi connectivity index (χ3v) is 2.22. The lowest BCUT2D eigenvalue weighted by Crippen LogP contribution is -2.59. The maximum Gasteiger partial charge on any atom is 0.460 e. The van der Waals surface area contributed by atoms with Crippen LogP contribution < -0.4 is 0 Å². The topological polar surface area (TPSA) is 0 Å². The Bertz CT molecular complexity index is 243. The Morgan fingerprint density at radius 3 is 1.38 bits per heavy atom. The Morgan fingerprint density at radius 2 is 1.12 bits per heavy atom. The fraction of sp³-hybridized carbons (Fsp3) is 0.833. The van der Waals surface area contributed by atoms with Crippen LogP contribution in [0.25, 0.3) is 0 Å². The van der Waals surface area contributed by atoms with Gasteiger partial charge in [-0.2, -0.15) is 39.5 Å². The van der Waals surface area contributed by atoms with Crippen molar-refractivity contribution in [3.8, 4) is 0 Å². The van der Waals surface area contributed by atoms with Gasteiger partial charge < -0.3 is 0 Å². The normalized spacial score (nSPS) is 15.4. The molecule has 0 heterocycles. The summed E-state index contributed by atoms with van der Waals surface area (Å²) in [6.07, 6.45) is -6.76. The Balaban J connectivity index is 5.34. The van der Waals surface area contributed by atoms with Gasteiger partial charge in [-0.3, -0.25) is 0 Å². The summed E-state index contributed by atoms with van der Waals surface area (Å²) in [5, 5.41) is -5.56. The van der Waals surface area contributed by atoms with E-state index in [1.165, 1.54) is 0 Å². The first-order valence-electron chi connectivity index (χ1n) is 3.44. The minimum Gasteiger partial charge on any atom is -0.191 e. The molecule has 0 amide bonds. The molecular formula is C6H4F9S. The van der Waals surface area contributed by atoms with Crippen molar-refractivity contribution in [2.75, 3.05) is 5.75 Å². The Labute approximate surface area is 88.2 Å². The van der Waals surface area contributed by atoms with Crippen molar-refractivity contribution in [2.24, 2.45) is 0 Å². The van der Waals surface area contributed by atoms with E-state index in [4.69, 9.17) is 0 Å². The van der Waals surface area contributed by atoms with E-state index in [9.17, 15) is 39.5 Å². The molecule has 0 aromatic rings. The maximum absolute atomic E-state index is 12.4. The molecule has 0 spiro atoms. The molecule has 0 bridgehead atoms. The van der Waals surface area contributed by atoms with Crippen molar-refractivity contribution >= 4 is 11.8 Å². The van der Waals surface area contributed by atoms with Crippen LogP contribution in [0.3, 0.4) is 0 Å². The molecule has 0 rings (SSSR count). The average molecular weight is 279 g/mol. The lowest BCUT2D eigenvalue weighted by molar-refractivity contribution is -0.381. The van der Waals surface area contributed by atoms with Crippen LogP contribution in [0, 0.1) is 6.92 Å². The van der Waals surface area contributed by atoms with Gasteiger partial charge in [-0.25, -0.2) is 0 Å². The molecule has 0 atom stereocenters. The van der Waals surface area contributed by atoms with E-state index in [1.54, 1.807) is 0 Å². The van der Waals surface area contributed by atoms with E-state index < -0.39 is 40.8 Å². The first kappa shape index (κ1) is 15.7. The van der Waals surface area contributed by atoms with E-state index in [0.717, 1.165) is 0 Å². The number of alkyl halides is 9. The standard InChI is InChI=1S/C6H4F9S/c1-2-16-6(14,15)4(9,10)3(7,8)5(11,12)13/h1-2H2. The molecule has 0 aromatic carbocycles. The summed E-state index contributed by atoms with van der Waals surface area (Å²) in [6.45, 7) is 2.65. The summed E-state index contributed by atoms with van der Waals surface area (Å²) in [4.78, 5) is 0. The molecule has 0 aliphatic rings. The van der Waals surface area contributed by atoms with Crippen molar-refractivity contribution in [1.29, 1.82) is 0 Å². The van der Waals surface area contributed by atoms with Gasteiger partial charge in [-0.15, -0.1) is 0 Å². The molecule has 97 valence electrons. The maximum atomic E-state index is 12.4. The zero-order valence-corrected chi connectivity index (χ0v) is 8.04. The van der Waals surface area contributed by atoms with Gasteiger partial charge in [-0.05, 0) is 12.7 Å². The Morgan fingerprint density at radius 1 is 0.750 bits per heavy atom. The second-order valence-electron chi connectivity index (χ2n) is 2.51. The number of thioether (sulfide) groups is 1. The van der Waals surface area contributed by atoms with Crippen LogP contribution in [-0.4, -0.2) is 29.0 Å². The van der Waals surface area contributed by atoms with Crippen LogP contribution in [-0.2, 0) is 0 Å². The number of hydrogen-bond acceptors (Lipinski definition) is 1. The summed E-state index contributed by atoms with van der Waals surface area (Å²) in [5.41, 5.74) is 0. The predicted octanol–water partition coefficient (Wildman–Crippen LogP) is 3.98. The lowest BCUT2D eigenvalue weighted by Gasteiger charge is -2.32. The summed E-state index contributed by atoms with van der Waals surface area (Å²) in [6, 6.07) is 0. The van der Waals surface area contributed by atoms with Crippen LogP contribution in [0.15, 0.2) is 0 Å². The van der Waals surface area contributed by atoms with E-state index >= 15 is 0 Å². The quantitative estimate of drug-likeness (QED) is 0.701. The zero-order valence-electron chi connectivity index (χ0n) is 7.22. The van der Waals surface area contributed by atoms with Gasteiger partial charge in [0.1, 0.15) is 0 Å². The van der Waals surface area contributed by atoms with Gasteiger partial charge in [0.2, 0.25) is 0 Å². The highest BCUT2D eigenvalue weighted by molar-refractivity contribution is 8.00. The Kier molecular flexibility index (Phi) is 4.12. The molecule has 0 N–H and O–H groups in total. The van der Waals surface area contributed by atoms with Crippen molar-refractivity contribution in [1.82, 2.24) is 0 Å². The number of hydrogen-bond donors (Lipinski definition) is 0. The largest absolute Gasteiger partial charge is 0.460 e. The zero-order chi connectivity index (χ0) is 13.4. The minimum atomic E-state index is -6.81.